The lowest BCUT2D eigenvalue weighted by molar-refractivity contribution is -0.141. The zero-order chi connectivity index (χ0) is 25.3. The molecule has 35 heavy (non-hydrogen) atoms. The molecule has 0 aliphatic carbocycles. The number of furan rings is 1. The first-order valence-corrected chi connectivity index (χ1v) is 12.9. The zero-order valence-electron chi connectivity index (χ0n) is 19.9. The van der Waals surface area contributed by atoms with Crippen molar-refractivity contribution in [3.63, 3.8) is 0 Å². The first-order valence-electron chi connectivity index (χ1n) is 11.5. The summed E-state index contributed by atoms with van der Waals surface area (Å²) in [6.07, 6.45) is 2.04. The van der Waals surface area contributed by atoms with Gasteiger partial charge >= 0.3 is 0 Å². The van der Waals surface area contributed by atoms with Gasteiger partial charge in [-0.1, -0.05) is 62.4 Å². The zero-order valence-corrected chi connectivity index (χ0v) is 20.7. The van der Waals surface area contributed by atoms with E-state index in [9.17, 15) is 18.0 Å². The molecular formula is C26H31N3O5S. The van der Waals surface area contributed by atoms with E-state index in [0.717, 1.165) is 5.56 Å². The van der Waals surface area contributed by atoms with Gasteiger partial charge in [0.1, 0.15) is 11.8 Å². The highest BCUT2D eigenvalue weighted by molar-refractivity contribution is 7.89. The molecule has 8 nitrogen and oxygen atoms in total. The van der Waals surface area contributed by atoms with Crippen LogP contribution in [0.4, 0.5) is 0 Å². The summed E-state index contributed by atoms with van der Waals surface area (Å²) >= 11 is 0. The topological polar surface area (TPSA) is 109 Å². The van der Waals surface area contributed by atoms with Crippen molar-refractivity contribution in [1.29, 1.82) is 0 Å². The fourth-order valence-electron chi connectivity index (χ4n) is 3.75. The number of sulfonamides is 1. The van der Waals surface area contributed by atoms with Crippen molar-refractivity contribution in [3.05, 3.63) is 90.4 Å². The molecule has 9 heteroatoms. The number of benzene rings is 2. The number of nitrogens with one attached hydrogen (secondary N) is 2. The number of hydrogen-bond donors (Lipinski definition) is 2. The average Bonchev–Trinajstić information content (AvgIpc) is 3.38. The molecule has 0 bridgehead atoms. The second-order valence-electron chi connectivity index (χ2n) is 8.45. The Balaban J connectivity index is 1.77. The van der Waals surface area contributed by atoms with E-state index in [1.165, 1.54) is 23.3 Å². The quantitative estimate of drug-likeness (QED) is 0.400. The summed E-state index contributed by atoms with van der Waals surface area (Å²) < 4.78 is 32.9. The Labute approximate surface area is 206 Å². The SMILES string of the molecule is CC(C)[C@H](C(=O)NCc1ccco1)N(CCc1ccccc1)C(=O)CNS(=O)(=O)c1ccccc1. The summed E-state index contributed by atoms with van der Waals surface area (Å²) in [5.41, 5.74) is 1.01. The van der Waals surface area contributed by atoms with Crippen LogP contribution in [0.3, 0.4) is 0 Å². The van der Waals surface area contributed by atoms with Crippen LogP contribution in [0.2, 0.25) is 0 Å². The number of nitrogens with zero attached hydrogens (tertiary/aromatic N) is 1. The van der Waals surface area contributed by atoms with Crippen LogP contribution >= 0.6 is 0 Å². The van der Waals surface area contributed by atoms with Crippen LogP contribution < -0.4 is 10.0 Å². The maximum atomic E-state index is 13.3. The standard InChI is InChI=1S/C26H31N3O5S/c1-20(2)25(26(31)27-18-22-12-9-17-34-22)29(16-15-21-10-5-3-6-11-21)24(30)19-28-35(32,33)23-13-7-4-8-14-23/h3-14,17,20,25,28H,15-16,18-19H2,1-2H3,(H,27,31)/t25-/m1/s1. The molecule has 0 fully saturated rings. The average molecular weight is 498 g/mol. The van der Waals surface area contributed by atoms with Crippen LogP contribution in [0, 0.1) is 5.92 Å². The van der Waals surface area contributed by atoms with Crippen molar-refractivity contribution in [2.24, 2.45) is 5.92 Å². The molecule has 3 rings (SSSR count). The third kappa shape index (κ3) is 7.53. The molecule has 2 amide bonds. The largest absolute Gasteiger partial charge is 0.467 e. The highest BCUT2D eigenvalue weighted by Crippen LogP contribution is 2.15. The Morgan fingerprint density at radius 3 is 2.20 bits per heavy atom. The van der Waals surface area contributed by atoms with Gasteiger partial charge < -0.3 is 14.6 Å². The fraction of sp³-hybridized carbons (Fsp3) is 0.308. The smallest absolute Gasteiger partial charge is 0.243 e. The monoisotopic (exact) mass is 497 g/mol. The Morgan fingerprint density at radius 1 is 0.943 bits per heavy atom. The van der Waals surface area contributed by atoms with Crippen LogP contribution in [0.1, 0.15) is 25.2 Å². The van der Waals surface area contributed by atoms with E-state index in [1.807, 2.05) is 44.2 Å². The molecule has 2 aromatic carbocycles. The van der Waals surface area contributed by atoms with Crippen molar-refractivity contribution in [1.82, 2.24) is 14.9 Å². The lowest BCUT2D eigenvalue weighted by Gasteiger charge is -2.33. The van der Waals surface area contributed by atoms with Gasteiger partial charge in [-0.15, -0.1) is 0 Å². The van der Waals surface area contributed by atoms with Gasteiger partial charge in [0.25, 0.3) is 0 Å². The van der Waals surface area contributed by atoms with Crippen molar-refractivity contribution in [2.75, 3.05) is 13.1 Å². The molecule has 0 aliphatic heterocycles. The minimum atomic E-state index is -3.87. The number of carbonyl (C=O) groups is 2. The Hall–Kier alpha value is -3.43. The predicted octanol–water partition coefficient (Wildman–Crippen LogP) is 2.97. The normalized spacial score (nSPS) is 12.3. The maximum absolute atomic E-state index is 13.3. The third-order valence-corrected chi connectivity index (χ3v) is 6.94. The van der Waals surface area contributed by atoms with Gasteiger partial charge in [-0.25, -0.2) is 13.1 Å². The van der Waals surface area contributed by atoms with E-state index < -0.39 is 28.5 Å². The van der Waals surface area contributed by atoms with E-state index in [2.05, 4.69) is 10.0 Å². The van der Waals surface area contributed by atoms with E-state index in [0.29, 0.717) is 12.2 Å². The Morgan fingerprint density at radius 2 is 1.60 bits per heavy atom. The molecule has 0 radical (unpaired) electrons. The highest BCUT2D eigenvalue weighted by Gasteiger charge is 2.32. The molecule has 1 heterocycles. The van der Waals surface area contributed by atoms with E-state index in [4.69, 9.17) is 4.42 Å². The second kappa shape index (κ2) is 12.3. The van der Waals surface area contributed by atoms with Gasteiger partial charge in [0.2, 0.25) is 21.8 Å². The summed E-state index contributed by atoms with van der Waals surface area (Å²) in [7, 11) is -3.87. The summed E-state index contributed by atoms with van der Waals surface area (Å²) in [5, 5.41) is 2.83. The molecule has 186 valence electrons. The Bertz CT molecular complexity index is 1180. The number of hydrogen-bond acceptors (Lipinski definition) is 5. The second-order valence-corrected chi connectivity index (χ2v) is 10.2. The van der Waals surface area contributed by atoms with Gasteiger partial charge in [-0.2, -0.15) is 0 Å². The van der Waals surface area contributed by atoms with Crippen molar-refractivity contribution >= 4 is 21.8 Å². The molecule has 1 aromatic heterocycles. The molecule has 0 spiro atoms. The summed E-state index contributed by atoms with van der Waals surface area (Å²) in [5.74, 6) is -0.424. The van der Waals surface area contributed by atoms with E-state index in [1.54, 1.807) is 30.3 Å². The lowest BCUT2D eigenvalue weighted by atomic mass is 10.00. The van der Waals surface area contributed by atoms with E-state index >= 15 is 0 Å². The molecule has 0 saturated heterocycles. The molecule has 0 saturated carbocycles. The third-order valence-electron chi connectivity index (χ3n) is 5.52. The number of rotatable bonds is 12. The number of amides is 2. The number of carbonyl (C=O) groups excluding carboxylic acids is 2. The lowest BCUT2D eigenvalue weighted by Crippen LogP contribution is -2.54. The van der Waals surface area contributed by atoms with Crippen LogP contribution in [0.25, 0.3) is 0 Å². The maximum Gasteiger partial charge on any atom is 0.243 e. The summed E-state index contributed by atoms with van der Waals surface area (Å²) in [6, 6.07) is 20.2. The molecule has 0 aliphatic rings. The van der Waals surface area contributed by atoms with Gasteiger partial charge in [-0.05, 0) is 42.2 Å². The van der Waals surface area contributed by atoms with Crippen molar-refractivity contribution < 1.29 is 22.4 Å². The van der Waals surface area contributed by atoms with Crippen LogP contribution in [-0.4, -0.2) is 44.3 Å². The van der Waals surface area contributed by atoms with Crippen molar-refractivity contribution in [3.8, 4) is 0 Å². The molecular weight excluding hydrogens is 466 g/mol. The highest BCUT2D eigenvalue weighted by atomic mass is 32.2. The first-order chi connectivity index (χ1) is 16.8. The molecule has 2 N–H and O–H groups in total. The van der Waals surface area contributed by atoms with Gasteiger partial charge in [0.15, 0.2) is 0 Å². The minimum Gasteiger partial charge on any atom is -0.467 e. The minimum absolute atomic E-state index is 0.0697. The Kier molecular flexibility index (Phi) is 9.22. The van der Waals surface area contributed by atoms with E-state index in [-0.39, 0.29) is 29.8 Å². The summed E-state index contributed by atoms with van der Waals surface area (Å²) in [6.45, 7) is 3.70. The van der Waals surface area contributed by atoms with Crippen LogP contribution in [-0.2, 0) is 32.6 Å². The molecule has 3 aromatic rings. The van der Waals surface area contributed by atoms with Crippen LogP contribution in [0.5, 0.6) is 0 Å². The summed E-state index contributed by atoms with van der Waals surface area (Å²) in [4.78, 5) is 28.0. The van der Waals surface area contributed by atoms with Crippen molar-refractivity contribution in [2.45, 2.75) is 37.8 Å². The van der Waals surface area contributed by atoms with Gasteiger partial charge in [0.05, 0.1) is 24.2 Å². The van der Waals surface area contributed by atoms with Gasteiger partial charge in [0, 0.05) is 6.54 Å². The predicted molar refractivity (Wildman–Crippen MR) is 133 cm³/mol. The first kappa shape index (κ1) is 26.2. The molecule has 0 unspecified atom stereocenters. The van der Waals surface area contributed by atoms with Gasteiger partial charge in [-0.3, -0.25) is 9.59 Å². The fourth-order valence-corrected chi connectivity index (χ4v) is 4.75. The molecule has 1 atom stereocenters. The van der Waals surface area contributed by atoms with Crippen LogP contribution in [0.15, 0.2) is 88.4 Å².